The summed E-state index contributed by atoms with van der Waals surface area (Å²) in [5.74, 6) is 0.403. The summed E-state index contributed by atoms with van der Waals surface area (Å²) in [6, 6.07) is 15.4. The maximum absolute atomic E-state index is 12.6. The van der Waals surface area contributed by atoms with Crippen molar-refractivity contribution in [1.82, 2.24) is 25.4 Å². The highest BCUT2D eigenvalue weighted by molar-refractivity contribution is 5.87. The number of nitrogens with one attached hydrogen (secondary N) is 1. The highest BCUT2D eigenvalue weighted by Crippen LogP contribution is 2.30. The van der Waals surface area contributed by atoms with Gasteiger partial charge in [0.2, 0.25) is 5.91 Å². The Morgan fingerprint density at radius 1 is 1.09 bits per heavy atom. The molecule has 0 radical (unpaired) electrons. The van der Waals surface area contributed by atoms with Crippen molar-refractivity contribution in [3.8, 4) is 34.0 Å². The highest BCUT2D eigenvalue weighted by Gasteiger charge is 2.31. The summed E-state index contributed by atoms with van der Waals surface area (Å²) in [6.45, 7) is 6.33. The van der Waals surface area contributed by atoms with Crippen LogP contribution in [0.5, 0.6) is 0 Å². The minimum atomic E-state index is -0.832. The Hall–Kier alpha value is -3.91. The molecule has 0 unspecified atom stereocenters. The zero-order valence-corrected chi connectivity index (χ0v) is 18.9. The van der Waals surface area contributed by atoms with Crippen molar-refractivity contribution in [2.24, 2.45) is 5.73 Å². The van der Waals surface area contributed by atoms with Crippen LogP contribution in [0.2, 0.25) is 0 Å². The van der Waals surface area contributed by atoms with Crippen LogP contribution >= 0.6 is 0 Å². The van der Waals surface area contributed by atoms with Crippen LogP contribution in [0.15, 0.2) is 65.4 Å². The molecule has 1 amide bonds. The Morgan fingerprint density at radius 3 is 2.64 bits per heavy atom. The highest BCUT2D eigenvalue weighted by atomic mass is 16.5. The Labute approximate surface area is 198 Å². The van der Waals surface area contributed by atoms with Gasteiger partial charge in [-0.25, -0.2) is 4.98 Å². The van der Waals surface area contributed by atoms with E-state index in [-0.39, 0.29) is 11.6 Å². The second-order valence-corrected chi connectivity index (χ2v) is 8.23. The molecule has 8 nitrogen and oxygen atoms in total. The Balaban J connectivity index is 0.00000324. The van der Waals surface area contributed by atoms with Crippen LogP contribution in [0.4, 0.5) is 0 Å². The normalized spacial score (nSPS) is 11.4. The molecule has 0 bridgehead atoms. The van der Waals surface area contributed by atoms with Gasteiger partial charge in [-0.1, -0.05) is 35.5 Å². The molecule has 3 N–H and O–H groups in total. The maximum atomic E-state index is 12.6. The van der Waals surface area contributed by atoms with Gasteiger partial charge in [0, 0.05) is 42.2 Å². The fourth-order valence-electron chi connectivity index (χ4n) is 3.41. The molecule has 3 aromatic heterocycles. The number of benzene rings is 1. The quantitative estimate of drug-likeness (QED) is 0.425. The standard InChI is InChI=1S/C25H26N6O2.4H2/c1-16-23(21-14-19(31-33-21)17-7-5-4-6-8-17)30-20(15-29-16)18-9-11-27-22(13-18)25(2,3)24(32)28-12-10-26;;;;/h4-9,11,13-15H,10,12,26H2,1-3H3,(H,28,32);4*1H. The van der Waals surface area contributed by atoms with Crippen LogP contribution in [0, 0.1) is 6.92 Å². The van der Waals surface area contributed by atoms with E-state index in [4.69, 9.17) is 15.2 Å². The van der Waals surface area contributed by atoms with Gasteiger partial charge >= 0.3 is 0 Å². The molecule has 0 saturated carbocycles. The van der Waals surface area contributed by atoms with E-state index in [0.29, 0.717) is 35.9 Å². The summed E-state index contributed by atoms with van der Waals surface area (Å²) in [6.07, 6.45) is 3.37. The zero-order chi connectivity index (χ0) is 23.4. The fourth-order valence-corrected chi connectivity index (χ4v) is 3.41. The summed E-state index contributed by atoms with van der Waals surface area (Å²) >= 11 is 0. The average molecular weight is 451 g/mol. The van der Waals surface area contributed by atoms with Crippen LogP contribution < -0.4 is 11.1 Å². The molecular weight excluding hydrogens is 416 g/mol. The molecule has 0 saturated heterocycles. The van der Waals surface area contributed by atoms with E-state index in [1.807, 2.05) is 69.3 Å². The first-order valence-electron chi connectivity index (χ1n) is 10.7. The van der Waals surface area contributed by atoms with E-state index >= 15 is 0 Å². The van der Waals surface area contributed by atoms with Crippen molar-refractivity contribution in [2.45, 2.75) is 26.2 Å². The number of pyridine rings is 1. The molecule has 4 aromatic rings. The van der Waals surface area contributed by atoms with Gasteiger partial charge in [0.1, 0.15) is 11.4 Å². The summed E-state index contributed by atoms with van der Waals surface area (Å²) in [5, 5.41) is 7.02. The van der Waals surface area contributed by atoms with Gasteiger partial charge < -0.3 is 15.6 Å². The monoisotopic (exact) mass is 450 g/mol. The number of carbonyl (C=O) groups is 1. The summed E-state index contributed by atoms with van der Waals surface area (Å²) in [4.78, 5) is 26.4. The third kappa shape index (κ3) is 4.65. The van der Waals surface area contributed by atoms with Gasteiger partial charge in [-0.05, 0) is 32.9 Å². The van der Waals surface area contributed by atoms with Crippen LogP contribution in [-0.4, -0.2) is 39.1 Å². The summed E-state index contributed by atoms with van der Waals surface area (Å²) < 4.78 is 5.60. The van der Waals surface area contributed by atoms with E-state index in [2.05, 4.69) is 20.4 Å². The number of aromatic nitrogens is 4. The summed E-state index contributed by atoms with van der Waals surface area (Å²) in [5.41, 5.74) is 9.79. The van der Waals surface area contributed by atoms with Gasteiger partial charge in [0.05, 0.1) is 28.7 Å². The molecule has 0 atom stereocenters. The van der Waals surface area contributed by atoms with E-state index in [1.165, 1.54) is 0 Å². The predicted octanol–water partition coefficient (Wildman–Crippen LogP) is 4.51. The molecule has 3 heterocycles. The van der Waals surface area contributed by atoms with E-state index in [1.54, 1.807) is 12.4 Å². The predicted molar refractivity (Wildman–Crippen MR) is 134 cm³/mol. The van der Waals surface area contributed by atoms with E-state index in [0.717, 1.165) is 22.5 Å². The Kier molecular flexibility index (Phi) is 6.28. The molecule has 176 valence electrons. The third-order valence-electron chi connectivity index (χ3n) is 5.46. The van der Waals surface area contributed by atoms with Crippen LogP contribution in [-0.2, 0) is 10.2 Å². The molecule has 0 aliphatic carbocycles. The first kappa shape index (κ1) is 22.3. The lowest BCUT2D eigenvalue weighted by atomic mass is 9.86. The number of nitrogens with zero attached hydrogens (tertiary/aromatic N) is 4. The molecular formula is C25H34N6O2. The fraction of sp³-hybridized carbons (Fsp3) is 0.240. The summed E-state index contributed by atoms with van der Waals surface area (Å²) in [7, 11) is 0. The van der Waals surface area contributed by atoms with E-state index < -0.39 is 5.41 Å². The zero-order valence-electron chi connectivity index (χ0n) is 18.9. The average Bonchev–Trinajstić information content (AvgIpc) is 3.33. The van der Waals surface area contributed by atoms with Crippen molar-refractivity contribution in [3.63, 3.8) is 0 Å². The molecule has 33 heavy (non-hydrogen) atoms. The number of hydrogen-bond acceptors (Lipinski definition) is 7. The number of aryl methyl sites for hydroxylation is 1. The van der Waals surface area contributed by atoms with Gasteiger partial charge in [-0.15, -0.1) is 0 Å². The van der Waals surface area contributed by atoms with Crippen molar-refractivity contribution >= 4 is 5.91 Å². The van der Waals surface area contributed by atoms with Gasteiger partial charge in [-0.3, -0.25) is 14.8 Å². The van der Waals surface area contributed by atoms with E-state index in [9.17, 15) is 4.79 Å². The molecule has 4 rings (SSSR count). The molecule has 1 aromatic carbocycles. The Bertz CT molecular complexity index is 1290. The van der Waals surface area contributed by atoms with Crippen molar-refractivity contribution in [1.29, 1.82) is 0 Å². The second kappa shape index (κ2) is 9.30. The molecule has 0 aliphatic heterocycles. The number of nitrogens with two attached hydrogens (primary N) is 1. The molecule has 0 aliphatic rings. The lowest BCUT2D eigenvalue weighted by Gasteiger charge is -2.23. The molecule has 0 fully saturated rings. The SMILES string of the molecule is Cc1ncc(-c2ccnc(C(C)(C)C(=O)NCCN)c2)nc1-c1cc(-c2ccccc2)no1.[HH].[HH].[HH].[HH]. The smallest absolute Gasteiger partial charge is 0.231 e. The third-order valence-corrected chi connectivity index (χ3v) is 5.46. The molecule has 8 heteroatoms. The molecule has 0 spiro atoms. The van der Waals surface area contributed by atoms with Crippen molar-refractivity contribution < 1.29 is 15.0 Å². The number of hydrogen-bond donors (Lipinski definition) is 2. The maximum Gasteiger partial charge on any atom is 0.231 e. The van der Waals surface area contributed by atoms with Crippen LogP contribution in [0.3, 0.4) is 0 Å². The lowest BCUT2D eigenvalue weighted by molar-refractivity contribution is -0.125. The van der Waals surface area contributed by atoms with Crippen molar-refractivity contribution in [3.05, 3.63) is 72.3 Å². The number of carbonyl (C=O) groups excluding carboxylic acids is 1. The lowest BCUT2D eigenvalue weighted by Crippen LogP contribution is -2.42. The minimum absolute atomic E-state index is 0. The van der Waals surface area contributed by atoms with Gasteiger partial charge in [0.25, 0.3) is 0 Å². The van der Waals surface area contributed by atoms with Gasteiger partial charge in [0.15, 0.2) is 5.76 Å². The largest absolute Gasteiger partial charge is 0.354 e. The topological polar surface area (TPSA) is 120 Å². The minimum Gasteiger partial charge on any atom is -0.354 e. The van der Waals surface area contributed by atoms with Gasteiger partial charge in [-0.2, -0.15) is 0 Å². The first-order valence-corrected chi connectivity index (χ1v) is 10.7. The first-order chi connectivity index (χ1) is 15.9. The number of amides is 1. The van der Waals surface area contributed by atoms with Crippen molar-refractivity contribution in [2.75, 3.05) is 13.1 Å². The second-order valence-electron chi connectivity index (χ2n) is 8.23. The Morgan fingerprint density at radius 2 is 1.88 bits per heavy atom. The van der Waals surface area contributed by atoms with Crippen LogP contribution in [0.1, 0.15) is 30.9 Å². The van der Waals surface area contributed by atoms with Crippen LogP contribution in [0.25, 0.3) is 34.0 Å². The number of rotatable bonds is 7.